The molecule has 1 aliphatic carbocycles. The minimum atomic E-state index is -0.0461. The summed E-state index contributed by atoms with van der Waals surface area (Å²) in [6.45, 7) is 2.42. The van der Waals surface area contributed by atoms with Gasteiger partial charge in [-0.3, -0.25) is 0 Å². The van der Waals surface area contributed by atoms with Crippen LogP contribution in [0.25, 0.3) is 0 Å². The number of ether oxygens (including phenoxy) is 3. The number of hydrogen-bond acceptors (Lipinski definition) is 4. The molecule has 3 rings (SSSR count). The van der Waals surface area contributed by atoms with Crippen molar-refractivity contribution in [2.75, 3.05) is 6.79 Å². The largest absolute Gasteiger partial charge is 0.490 e. The average Bonchev–Trinajstić information content (AvgIpc) is 2.94. The minimum Gasteiger partial charge on any atom is -0.490 e. The lowest BCUT2D eigenvalue weighted by atomic mass is 9.84. The molecule has 0 aromatic heterocycles. The molecule has 0 radical (unpaired) electrons. The van der Waals surface area contributed by atoms with Gasteiger partial charge in [-0.05, 0) is 37.7 Å². The molecule has 1 fully saturated rings. The highest BCUT2D eigenvalue weighted by Crippen LogP contribution is 2.40. The molecule has 4 heteroatoms. The van der Waals surface area contributed by atoms with Crippen LogP contribution in [-0.4, -0.2) is 18.0 Å². The molecular weight excluding hydrogens is 256 g/mol. The quantitative estimate of drug-likeness (QED) is 0.918. The van der Waals surface area contributed by atoms with Crippen molar-refractivity contribution in [2.45, 2.75) is 51.7 Å². The van der Waals surface area contributed by atoms with Crippen molar-refractivity contribution in [3.63, 3.8) is 0 Å². The molecule has 1 saturated carbocycles. The first-order valence-electron chi connectivity index (χ1n) is 7.52. The fourth-order valence-corrected chi connectivity index (χ4v) is 3.16. The predicted octanol–water partition coefficient (Wildman–Crippen LogP) is 3.26. The standard InChI is InChI=1S/C16H22O4/c1-2-11-5-3-4-6-13(11)20-14-8-16-15(18-10-19-16)7-12(14)9-17/h7-8,11,13,17H,2-6,9-10H2,1H3. The van der Waals surface area contributed by atoms with Crippen LogP contribution in [0, 0.1) is 5.92 Å². The first-order chi connectivity index (χ1) is 9.81. The van der Waals surface area contributed by atoms with E-state index in [0.29, 0.717) is 17.4 Å². The zero-order valence-corrected chi connectivity index (χ0v) is 11.9. The Hall–Kier alpha value is -1.42. The number of hydrogen-bond donors (Lipinski definition) is 1. The molecule has 1 heterocycles. The van der Waals surface area contributed by atoms with Crippen LogP contribution in [0.4, 0.5) is 0 Å². The van der Waals surface area contributed by atoms with Crippen molar-refractivity contribution in [1.29, 1.82) is 0 Å². The third kappa shape index (κ3) is 2.57. The Morgan fingerprint density at radius 1 is 1.20 bits per heavy atom. The van der Waals surface area contributed by atoms with Gasteiger partial charge >= 0.3 is 0 Å². The highest BCUT2D eigenvalue weighted by Gasteiger charge is 2.27. The van der Waals surface area contributed by atoms with Crippen LogP contribution < -0.4 is 14.2 Å². The van der Waals surface area contributed by atoms with E-state index in [1.807, 2.05) is 12.1 Å². The Kier molecular flexibility index (Phi) is 4.01. The number of rotatable bonds is 4. The first-order valence-corrected chi connectivity index (χ1v) is 7.52. The van der Waals surface area contributed by atoms with Gasteiger partial charge in [-0.25, -0.2) is 0 Å². The van der Waals surface area contributed by atoms with Crippen LogP contribution in [0.5, 0.6) is 17.2 Å². The zero-order valence-electron chi connectivity index (χ0n) is 11.9. The lowest BCUT2D eigenvalue weighted by Crippen LogP contribution is -2.30. The van der Waals surface area contributed by atoms with Gasteiger partial charge < -0.3 is 19.3 Å². The van der Waals surface area contributed by atoms with Crippen LogP contribution in [0.3, 0.4) is 0 Å². The average molecular weight is 278 g/mol. The molecule has 0 bridgehead atoms. The molecule has 2 unspecified atom stereocenters. The summed E-state index contributed by atoms with van der Waals surface area (Å²) in [5.41, 5.74) is 0.773. The Labute approximate surface area is 119 Å². The molecule has 1 aromatic carbocycles. The third-order valence-electron chi connectivity index (χ3n) is 4.37. The van der Waals surface area contributed by atoms with Crippen molar-refractivity contribution in [3.05, 3.63) is 17.7 Å². The second kappa shape index (κ2) is 5.92. The van der Waals surface area contributed by atoms with E-state index in [4.69, 9.17) is 14.2 Å². The van der Waals surface area contributed by atoms with Gasteiger partial charge in [-0.15, -0.1) is 0 Å². The molecule has 1 aliphatic heterocycles. The van der Waals surface area contributed by atoms with E-state index < -0.39 is 0 Å². The van der Waals surface area contributed by atoms with Crippen molar-refractivity contribution in [1.82, 2.24) is 0 Å². The van der Waals surface area contributed by atoms with Gasteiger partial charge in [0.25, 0.3) is 0 Å². The summed E-state index contributed by atoms with van der Waals surface area (Å²) >= 11 is 0. The van der Waals surface area contributed by atoms with Crippen molar-refractivity contribution in [2.24, 2.45) is 5.92 Å². The Morgan fingerprint density at radius 2 is 1.95 bits per heavy atom. The lowest BCUT2D eigenvalue weighted by molar-refractivity contribution is 0.0875. The van der Waals surface area contributed by atoms with E-state index in [0.717, 1.165) is 24.2 Å². The summed E-state index contributed by atoms with van der Waals surface area (Å²) in [4.78, 5) is 0. The summed E-state index contributed by atoms with van der Waals surface area (Å²) in [6, 6.07) is 3.68. The molecule has 1 aromatic rings. The van der Waals surface area contributed by atoms with Crippen molar-refractivity contribution in [3.8, 4) is 17.2 Å². The van der Waals surface area contributed by atoms with Crippen LogP contribution in [-0.2, 0) is 6.61 Å². The van der Waals surface area contributed by atoms with Gasteiger partial charge in [0.05, 0.1) is 6.61 Å². The molecule has 20 heavy (non-hydrogen) atoms. The number of fused-ring (bicyclic) bond motifs is 1. The molecule has 0 amide bonds. The molecule has 2 atom stereocenters. The molecule has 0 spiro atoms. The first kappa shape index (κ1) is 13.6. The van der Waals surface area contributed by atoms with Crippen molar-refractivity contribution >= 4 is 0 Å². The van der Waals surface area contributed by atoms with Gasteiger partial charge in [0.1, 0.15) is 11.9 Å². The number of benzene rings is 1. The topological polar surface area (TPSA) is 47.9 Å². The number of aliphatic hydroxyl groups is 1. The van der Waals surface area contributed by atoms with Gasteiger partial charge in [0.15, 0.2) is 11.5 Å². The lowest BCUT2D eigenvalue weighted by Gasteiger charge is -2.31. The van der Waals surface area contributed by atoms with E-state index in [-0.39, 0.29) is 19.5 Å². The molecule has 2 aliphatic rings. The van der Waals surface area contributed by atoms with Crippen LogP contribution in [0.2, 0.25) is 0 Å². The summed E-state index contributed by atoms with van der Waals surface area (Å²) < 4.78 is 16.9. The molecule has 4 nitrogen and oxygen atoms in total. The van der Waals surface area contributed by atoms with E-state index in [9.17, 15) is 5.11 Å². The van der Waals surface area contributed by atoms with Crippen LogP contribution in [0.15, 0.2) is 12.1 Å². The van der Waals surface area contributed by atoms with E-state index >= 15 is 0 Å². The Balaban J connectivity index is 1.82. The minimum absolute atomic E-state index is 0.0461. The monoisotopic (exact) mass is 278 g/mol. The van der Waals surface area contributed by atoms with Crippen molar-refractivity contribution < 1.29 is 19.3 Å². The SMILES string of the molecule is CCC1CCCCC1Oc1cc2c(cc1CO)OCO2. The van der Waals surface area contributed by atoms with E-state index in [1.165, 1.54) is 19.3 Å². The second-order valence-corrected chi connectivity index (χ2v) is 5.58. The normalized spacial score (nSPS) is 24.7. The highest BCUT2D eigenvalue weighted by molar-refractivity contribution is 5.51. The molecular formula is C16H22O4. The Bertz CT molecular complexity index is 472. The van der Waals surface area contributed by atoms with Gasteiger partial charge in [0.2, 0.25) is 6.79 Å². The third-order valence-corrected chi connectivity index (χ3v) is 4.37. The van der Waals surface area contributed by atoms with Gasteiger partial charge in [-0.1, -0.05) is 13.3 Å². The summed E-state index contributed by atoms with van der Waals surface area (Å²) in [6.07, 6.45) is 6.24. The Morgan fingerprint density at radius 3 is 2.70 bits per heavy atom. The van der Waals surface area contributed by atoms with Crippen LogP contribution >= 0.6 is 0 Å². The smallest absolute Gasteiger partial charge is 0.231 e. The van der Waals surface area contributed by atoms with E-state index in [1.54, 1.807) is 0 Å². The predicted molar refractivity (Wildman–Crippen MR) is 75.2 cm³/mol. The summed E-state index contributed by atoms with van der Waals surface area (Å²) in [7, 11) is 0. The molecule has 0 saturated heterocycles. The van der Waals surface area contributed by atoms with Crippen LogP contribution in [0.1, 0.15) is 44.6 Å². The summed E-state index contributed by atoms with van der Waals surface area (Å²) in [5.74, 6) is 2.75. The van der Waals surface area contributed by atoms with Gasteiger partial charge in [0, 0.05) is 11.6 Å². The second-order valence-electron chi connectivity index (χ2n) is 5.58. The van der Waals surface area contributed by atoms with E-state index in [2.05, 4.69) is 6.92 Å². The number of aliphatic hydroxyl groups excluding tert-OH is 1. The maximum Gasteiger partial charge on any atom is 0.231 e. The fraction of sp³-hybridized carbons (Fsp3) is 0.625. The zero-order chi connectivity index (χ0) is 13.9. The fourth-order valence-electron chi connectivity index (χ4n) is 3.16. The van der Waals surface area contributed by atoms with Gasteiger partial charge in [-0.2, -0.15) is 0 Å². The molecule has 110 valence electrons. The highest BCUT2D eigenvalue weighted by atomic mass is 16.7. The maximum atomic E-state index is 9.53. The molecule has 1 N–H and O–H groups in total. The summed E-state index contributed by atoms with van der Waals surface area (Å²) in [5, 5.41) is 9.53. The maximum absolute atomic E-state index is 9.53.